The third kappa shape index (κ3) is 4.56. The molecular formula is C15H22N2O2. The van der Waals surface area contributed by atoms with Crippen LogP contribution in [0.2, 0.25) is 0 Å². The Hall–Kier alpha value is -1.55. The molecule has 1 aliphatic carbocycles. The molecule has 1 aromatic carbocycles. The summed E-state index contributed by atoms with van der Waals surface area (Å²) in [6, 6.07) is 7.80. The van der Waals surface area contributed by atoms with Crippen LogP contribution in [0.25, 0.3) is 0 Å². The van der Waals surface area contributed by atoms with Gasteiger partial charge in [-0.25, -0.2) is 0 Å². The number of rotatable bonds is 7. The highest BCUT2D eigenvalue weighted by molar-refractivity contribution is 5.76. The van der Waals surface area contributed by atoms with Crippen molar-refractivity contribution in [2.24, 2.45) is 11.7 Å². The Morgan fingerprint density at radius 1 is 1.53 bits per heavy atom. The maximum atomic E-state index is 11.7. The summed E-state index contributed by atoms with van der Waals surface area (Å²) in [6.45, 7) is 3.12. The standard InChI is InChI=1S/C15H22N2O2/c1-2-19-13-5-3-4-11(8-13)10-17-15(18)9-14(16)12-6-7-12/h3-5,8,12,14H,2,6-7,9-10,16H2,1H3,(H,17,18). The second kappa shape index (κ2) is 6.57. The lowest BCUT2D eigenvalue weighted by atomic mass is 10.1. The fourth-order valence-corrected chi connectivity index (χ4v) is 2.09. The molecule has 1 unspecified atom stereocenters. The van der Waals surface area contributed by atoms with E-state index in [4.69, 9.17) is 10.5 Å². The highest BCUT2D eigenvalue weighted by atomic mass is 16.5. The predicted octanol–water partition coefficient (Wildman–Crippen LogP) is 1.83. The molecule has 104 valence electrons. The van der Waals surface area contributed by atoms with E-state index in [1.165, 1.54) is 12.8 Å². The van der Waals surface area contributed by atoms with E-state index in [2.05, 4.69) is 5.32 Å². The Balaban J connectivity index is 1.77. The van der Waals surface area contributed by atoms with Crippen molar-refractivity contribution in [3.63, 3.8) is 0 Å². The minimum absolute atomic E-state index is 0.0229. The zero-order valence-corrected chi connectivity index (χ0v) is 11.4. The molecule has 0 aliphatic heterocycles. The quantitative estimate of drug-likeness (QED) is 0.788. The molecule has 1 saturated carbocycles. The topological polar surface area (TPSA) is 64.3 Å². The van der Waals surface area contributed by atoms with Gasteiger partial charge in [0, 0.05) is 19.0 Å². The second-order valence-electron chi connectivity index (χ2n) is 5.06. The monoisotopic (exact) mass is 262 g/mol. The van der Waals surface area contributed by atoms with E-state index in [0.717, 1.165) is 11.3 Å². The number of benzene rings is 1. The Bertz CT molecular complexity index is 430. The van der Waals surface area contributed by atoms with Gasteiger partial charge in [0.15, 0.2) is 0 Å². The zero-order chi connectivity index (χ0) is 13.7. The van der Waals surface area contributed by atoms with Crippen LogP contribution in [0.15, 0.2) is 24.3 Å². The van der Waals surface area contributed by atoms with Gasteiger partial charge in [-0.15, -0.1) is 0 Å². The molecule has 3 N–H and O–H groups in total. The molecule has 0 bridgehead atoms. The molecule has 4 nitrogen and oxygen atoms in total. The van der Waals surface area contributed by atoms with Gasteiger partial charge in [-0.1, -0.05) is 12.1 Å². The fraction of sp³-hybridized carbons (Fsp3) is 0.533. The normalized spacial score (nSPS) is 15.9. The lowest BCUT2D eigenvalue weighted by Gasteiger charge is -2.11. The highest BCUT2D eigenvalue weighted by Crippen LogP contribution is 2.32. The van der Waals surface area contributed by atoms with Crippen molar-refractivity contribution in [2.75, 3.05) is 6.61 Å². The summed E-state index contributed by atoms with van der Waals surface area (Å²) in [7, 11) is 0. The van der Waals surface area contributed by atoms with E-state index in [1.807, 2.05) is 31.2 Å². The summed E-state index contributed by atoms with van der Waals surface area (Å²) in [5.74, 6) is 1.43. The van der Waals surface area contributed by atoms with Gasteiger partial charge in [0.05, 0.1) is 6.61 Å². The van der Waals surface area contributed by atoms with Gasteiger partial charge < -0.3 is 15.8 Å². The van der Waals surface area contributed by atoms with E-state index in [1.54, 1.807) is 0 Å². The largest absolute Gasteiger partial charge is 0.494 e. The summed E-state index contributed by atoms with van der Waals surface area (Å²) in [6.07, 6.45) is 2.77. The van der Waals surface area contributed by atoms with Crippen molar-refractivity contribution in [3.05, 3.63) is 29.8 Å². The number of carbonyl (C=O) groups excluding carboxylic acids is 1. The van der Waals surface area contributed by atoms with Gasteiger partial charge >= 0.3 is 0 Å². The molecule has 0 radical (unpaired) electrons. The van der Waals surface area contributed by atoms with Crippen LogP contribution in [0.4, 0.5) is 0 Å². The van der Waals surface area contributed by atoms with E-state index in [9.17, 15) is 4.79 Å². The molecule has 1 amide bonds. The molecule has 2 rings (SSSR count). The molecule has 0 spiro atoms. The number of hydrogen-bond acceptors (Lipinski definition) is 3. The predicted molar refractivity (Wildman–Crippen MR) is 74.8 cm³/mol. The van der Waals surface area contributed by atoms with E-state index >= 15 is 0 Å². The van der Waals surface area contributed by atoms with E-state index < -0.39 is 0 Å². The summed E-state index contributed by atoms with van der Waals surface area (Å²) in [5, 5.41) is 2.91. The highest BCUT2D eigenvalue weighted by Gasteiger charge is 2.29. The van der Waals surface area contributed by atoms with Gasteiger partial charge in [-0.2, -0.15) is 0 Å². The fourth-order valence-electron chi connectivity index (χ4n) is 2.09. The summed E-state index contributed by atoms with van der Waals surface area (Å²) in [5.41, 5.74) is 6.97. The van der Waals surface area contributed by atoms with Crippen molar-refractivity contribution in [1.82, 2.24) is 5.32 Å². The lowest BCUT2D eigenvalue weighted by Crippen LogP contribution is -2.32. The molecule has 19 heavy (non-hydrogen) atoms. The van der Waals surface area contributed by atoms with E-state index in [0.29, 0.717) is 25.5 Å². The van der Waals surface area contributed by atoms with Crippen molar-refractivity contribution in [2.45, 2.75) is 38.8 Å². The van der Waals surface area contributed by atoms with Crippen molar-refractivity contribution >= 4 is 5.91 Å². The minimum Gasteiger partial charge on any atom is -0.494 e. The Kier molecular flexibility index (Phi) is 4.80. The number of amides is 1. The first-order valence-corrected chi connectivity index (χ1v) is 6.93. The van der Waals surface area contributed by atoms with Crippen LogP contribution in [0.1, 0.15) is 31.7 Å². The van der Waals surface area contributed by atoms with Gasteiger partial charge in [0.25, 0.3) is 0 Å². The van der Waals surface area contributed by atoms with E-state index in [-0.39, 0.29) is 11.9 Å². The average molecular weight is 262 g/mol. The molecule has 1 fully saturated rings. The van der Waals surface area contributed by atoms with Crippen molar-refractivity contribution in [1.29, 1.82) is 0 Å². The van der Waals surface area contributed by atoms with Gasteiger partial charge in [-0.05, 0) is 43.4 Å². The summed E-state index contributed by atoms with van der Waals surface area (Å²) in [4.78, 5) is 11.7. The van der Waals surface area contributed by atoms with Crippen LogP contribution < -0.4 is 15.8 Å². The van der Waals surface area contributed by atoms with Gasteiger partial charge in [-0.3, -0.25) is 4.79 Å². The van der Waals surface area contributed by atoms with Crippen LogP contribution in [0, 0.1) is 5.92 Å². The molecule has 0 heterocycles. The first kappa shape index (κ1) is 13.9. The third-order valence-electron chi connectivity index (χ3n) is 3.35. The zero-order valence-electron chi connectivity index (χ0n) is 11.4. The Morgan fingerprint density at radius 2 is 2.32 bits per heavy atom. The maximum Gasteiger partial charge on any atom is 0.221 e. The minimum atomic E-state index is 0.0229. The van der Waals surface area contributed by atoms with Gasteiger partial charge in [0.2, 0.25) is 5.91 Å². The van der Waals surface area contributed by atoms with Gasteiger partial charge in [0.1, 0.15) is 5.75 Å². The Labute approximate surface area is 114 Å². The van der Waals surface area contributed by atoms with Crippen LogP contribution in [-0.4, -0.2) is 18.6 Å². The maximum absolute atomic E-state index is 11.7. The molecule has 1 aromatic rings. The number of nitrogens with two attached hydrogens (primary N) is 1. The van der Waals surface area contributed by atoms with Crippen LogP contribution in [-0.2, 0) is 11.3 Å². The SMILES string of the molecule is CCOc1cccc(CNC(=O)CC(N)C2CC2)c1. The third-order valence-corrected chi connectivity index (χ3v) is 3.35. The first-order chi connectivity index (χ1) is 9.19. The first-order valence-electron chi connectivity index (χ1n) is 6.93. The molecule has 1 aliphatic rings. The van der Waals surface area contributed by atoms with Crippen molar-refractivity contribution < 1.29 is 9.53 Å². The lowest BCUT2D eigenvalue weighted by molar-refractivity contribution is -0.121. The molecule has 0 aromatic heterocycles. The van der Waals surface area contributed by atoms with Crippen LogP contribution in [0.5, 0.6) is 5.75 Å². The number of carbonyl (C=O) groups is 1. The number of nitrogens with one attached hydrogen (secondary N) is 1. The smallest absolute Gasteiger partial charge is 0.221 e. The molecule has 1 atom stereocenters. The van der Waals surface area contributed by atoms with Crippen LogP contribution >= 0.6 is 0 Å². The molecule has 4 heteroatoms. The number of ether oxygens (including phenoxy) is 1. The van der Waals surface area contributed by atoms with Crippen molar-refractivity contribution in [3.8, 4) is 5.75 Å². The average Bonchev–Trinajstić information content (AvgIpc) is 3.21. The molecular weight excluding hydrogens is 240 g/mol. The second-order valence-corrected chi connectivity index (χ2v) is 5.06. The van der Waals surface area contributed by atoms with Crippen LogP contribution in [0.3, 0.4) is 0 Å². The Morgan fingerprint density at radius 3 is 3.00 bits per heavy atom. The number of hydrogen-bond donors (Lipinski definition) is 2. The summed E-state index contributed by atoms with van der Waals surface area (Å²) >= 11 is 0. The molecule has 0 saturated heterocycles. The summed E-state index contributed by atoms with van der Waals surface area (Å²) < 4.78 is 5.42.